The fourth-order valence-electron chi connectivity index (χ4n) is 5.06. The Morgan fingerprint density at radius 3 is 1.68 bits per heavy atom. The molecule has 41 heavy (non-hydrogen) atoms. The van der Waals surface area contributed by atoms with Crippen LogP contribution in [0.4, 0.5) is 0 Å². The summed E-state index contributed by atoms with van der Waals surface area (Å²) < 4.78 is 21.6. The number of carboxylic acids is 2. The number of imide groups is 1. The van der Waals surface area contributed by atoms with E-state index in [9.17, 15) is 9.59 Å². The first-order valence-corrected chi connectivity index (χ1v) is 13.0. The summed E-state index contributed by atoms with van der Waals surface area (Å²) in [7, 11) is 8.51. The summed E-state index contributed by atoms with van der Waals surface area (Å²) in [5.74, 6) is -0.891. The zero-order chi connectivity index (χ0) is 30.3. The molecule has 2 aromatic rings. The molecule has 2 N–H and O–H groups in total. The van der Waals surface area contributed by atoms with E-state index in [-0.39, 0.29) is 24.7 Å². The van der Waals surface area contributed by atoms with Gasteiger partial charge in [-0.3, -0.25) is 14.5 Å². The van der Waals surface area contributed by atoms with Gasteiger partial charge in [0.25, 0.3) is 0 Å². The number of benzene rings is 2. The zero-order valence-corrected chi connectivity index (χ0v) is 23.9. The fourth-order valence-corrected chi connectivity index (χ4v) is 5.06. The molecule has 0 saturated carbocycles. The van der Waals surface area contributed by atoms with E-state index < -0.39 is 11.9 Å². The van der Waals surface area contributed by atoms with Gasteiger partial charge in [0, 0.05) is 19.0 Å². The molecule has 2 amide bonds. The number of carboxylic acid groups (broad SMARTS) is 2. The highest BCUT2D eigenvalue weighted by atomic mass is 16.5. The van der Waals surface area contributed by atoms with Crippen molar-refractivity contribution in [2.45, 2.75) is 31.6 Å². The Morgan fingerprint density at radius 1 is 0.805 bits per heavy atom. The molecule has 2 aromatic carbocycles. The van der Waals surface area contributed by atoms with Gasteiger partial charge in [0.15, 0.2) is 23.0 Å². The van der Waals surface area contributed by atoms with Gasteiger partial charge in [-0.25, -0.2) is 9.59 Å². The van der Waals surface area contributed by atoms with Gasteiger partial charge < -0.3 is 34.1 Å². The number of ether oxygens (including phenoxy) is 4. The van der Waals surface area contributed by atoms with Gasteiger partial charge >= 0.3 is 11.9 Å². The summed E-state index contributed by atoms with van der Waals surface area (Å²) in [6.45, 7) is 2.12. The highest BCUT2D eigenvalue weighted by molar-refractivity contribution is 6.27. The first-order chi connectivity index (χ1) is 19.5. The van der Waals surface area contributed by atoms with E-state index in [1.165, 1.54) is 16.0 Å². The molecule has 4 rings (SSSR count). The number of nitrogens with zero attached hydrogens (tertiary/aromatic N) is 2. The predicted molar refractivity (Wildman–Crippen MR) is 147 cm³/mol. The van der Waals surface area contributed by atoms with Crippen LogP contribution in [0.15, 0.2) is 24.3 Å². The first-order valence-electron chi connectivity index (χ1n) is 13.0. The van der Waals surface area contributed by atoms with Gasteiger partial charge in [-0.05, 0) is 73.0 Å². The van der Waals surface area contributed by atoms with Crippen molar-refractivity contribution in [3.63, 3.8) is 0 Å². The van der Waals surface area contributed by atoms with E-state index in [0.29, 0.717) is 24.0 Å². The third-order valence-electron chi connectivity index (χ3n) is 7.18. The van der Waals surface area contributed by atoms with Crippen molar-refractivity contribution >= 4 is 23.8 Å². The minimum absolute atomic E-state index is 0.169. The van der Waals surface area contributed by atoms with Crippen LogP contribution in [0, 0.1) is 0 Å². The Kier molecular flexibility index (Phi) is 10.5. The van der Waals surface area contributed by atoms with Gasteiger partial charge in [-0.15, -0.1) is 0 Å². The standard InChI is InChI=1S/C27H34N2O6.C2H2O4/c1-28(16-20-9-19-12-24(34-4)25(35-5)15-21(19)20)7-6-8-29-26(30)13-17-10-22(32-2)23(33-3)11-18(17)14-27(29)31;3-1(4)2(5)6/h10-12,15,20H,6-9,13-14,16H2,1-5H3;(H,3,4)(H,5,6)/t20-;/m1./s1. The number of hydrogen-bond donors (Lipinski definition) is 2. The number of hydrogen-bond acceptors (Lipinski definition) is 9. The van der Waals surface area contributed by atoms with E-state index in [1.54, 1.807) is 40.6 Å². The fraction of sp³-hybridized carbons (Fsp3) is 0.448. The van der Waals surface area contributed by atoms with Crippen LogP contribution < -0.4 is 18.9 Å². The van der Waals surface area contributed by atoms with Crippen LogP contribution in [-0.2, 0) is 38.4 Å². The quantitative estimate of drug-likeness (QED) is 0.318. The summed E-state index contributed by atoms with van der Waals surface area (Å²) >= 11 is 0. The van der Waals surface area contributed by atoms with Gasteiger partial charge in [0.2, 0.25) is 11.8 Å². The van der Waals surface area contributed by atoms with Crippen molar-refractivity contribution in [1.29, 1.82) is 0 Å². The Morgan fingerprint density at radius 2 is 1.24 bits per heavy atom. The average Bonchev–Trinajstić information content (AvgIpc) is 3.05. The molecule has 0 spiro atoms. The molecule has 1 atom stereocenters. The second kappa shape index (κ2) is 13.8. The molecule has 1 aliphatic carbocycles. The number of carbonyl (C=O) groups is 4. The smallest absolute Gasteiger partial charge is 0.414 e. The maximum atomic E-state index is 12.9. The van der Waals surface area contributed by atoms with Crippen molar-refractivity contribution in [1.82, 2.24) is 9.80 Å². The molecule has 0 saturated heterocycles. The van der Waals surface area contributed by atoms with Crippen LogP contribution in [0.5, 0.6) is 23.0 Å². The van der Waals surface area contributed by atoms with Crippen molar-refractivity contribution in [2.24, 2.45) is 0 Å². The van der Waals surface area contributed by atoms with Gasteiger partial charge in [-0.1, -0.05) is 0 Å². The third kappa shape index (κ3) is 7.46. The number of fused-ring (bicyclic) bond motifs is 2. The van der Waals surface area contributed by atoms with Gasteiger partial charge in [-0.2, -0.15) is 0 Å². The summed E-state index contributed by atoms with van der Waals surface area (Å²) in [4.78, 5) is 47.7. The molecule has 0 bridgehead atoms. The summed E-state index contributed by atoms with van der Waals surface area (Å²) in [5.41, 5.74) is 4.23. The highest BCUT2D eigenvalue weighted by Crippen LogP contribution is 2.42. The Balaban J connectivity index is 0.000000696. The lowest BCUT2D eigenvalue weighted by atomic mass is 9.77. The molecule has 0 fully saturated rings. The largest absolute Gasteiger partial charge is 0.493 e. The second-order valence-corrected chi connectivity index (χ2v) is 9.80. The van der Waals surface area contributed by atoms with E-state index in [0.717, 1.165) is 48.6 Å². The van der Waals surface area contributed by atoms with Crippen molar-refractivity contribution in [3.05, 3.63) is 46.5 Å². The van der Waals surface area contributed by atoms with E-state index in [4.69, 9.17) is 38.7 Å². The number of likely N-dealkylation sites (N-methyl/N-ethyl adjacent to an activating group) is 1. The first kappa shape index (κ1) is 31.2. The molecule has 1 aliphatic heterocycles. The minimum Gasteiger partial charge on any atom is -0.493 e. The molecule has 0 radical (unpaired) electrons. The summed E-state index contributed by atoms with van der Waals surface area (Å²) in [5, 5.41) is 14.8. The SMILES string of the molecule is COc1cc2c(cc1OC)CC(=O)N(CCCN(C)C[C@H]1Cc3cc(OC)c(OC)cc31)C(=O)C2.O=C(O)C(=O)O. The number of aliphatic carboxylic acids is 2. The third-order valence-corrected chi connectivity index (χ3v) is 7.18. The topological polar surface area (TPSA) is 152 Å². The van der Waals surface area contributed by atoms with Gasteiger partial charge in [0.1, 0.15) is 0 Å². The Labute approximate surface area is 238 Å². The van der Waals surface area contributed by atoms with Crippen molar-refractivity contribution < 1.29 is 48.3 Å². The number of methoxy groups -OCH3 is 4. The molecule has 0 aromatic heterocycles. The molecular formula is C29H36N2O10. The average molecular weight is 573 g/mol. The second-order valence-electron chi connectivity index (χ2n) is 9.80. The van der Waals surface area contributed by atoms with Crippen LogP contribution in [0.2, 0.25) is 0 Å². The van der Waals surface area contributed by atoms with Crippen LogP contribution in [0.3, 0.4) is 0 Å². The predicted octanol–water partition coefficient (Wildman–Crippen LogP) is 1.99. The summed E-state index contributed by atoms with van der Waals surface area (Å²) in [6.07, 6.45) is 2.10. The molecule has 12 heteroatoms. The minimum atomic E-state index is -1.82. The number of rotatable bonds is 10. The van der Waals surface area contributed by atoms with E-state index in [2.05, 4.69) is 24.1 Å². The Hall–Kier alpha value is -4.32. The maximum Gasteiger partial charge on any atom is 0.414 e. The van der Waals surface area contributed by atoms with Crippen LogP contribution in [0.1, 0.15) is 34.6 Å². The normalized spacial score (nSPS) is 15.5. The van der Waals surface area contributed by atoms with E-state index >= 15 is 0 Å². The number of carbonyl (C=O) groups excluding carboxylic acids is 2. The van der Waals surface area contributed by atoms with Crippen LogP contribution in [0.25, 0.3) is 0 Å². The van der Waals surface area contributed by atoms with Gasteiger partial charge in [0.05, 0.1) is 41.3 Å². The lowest BCUT2D eigenvalue weighted by Gasteiger charge is -2.34. The number of amides is 2. The van der Waals surface area contributed by atoms with Crippen molar-refractivity contribution in [2.75, 3.05) is 55.1 Å². The summed E-state index contributed by atoms with van der Waals surface area (Å²) in [6, 6.07) is 7.74. The van der Waals surface area contributed by atoms with E-state index in [1.807, 2.05) is 0 Å². The monoisotopic (exact) mass is 572 g/mol. The van der Waals surface area contributed by atoms with Crippen molar-refractivity contribution in [3.8, 4) is 23.0 Å². The maximum absolute atomic E-state index is 12.9. The molecule has 12 nitrogen and oxygen atoms in total. The molecule has 0 unspecified atom stereocenters. The zero-order valence-electron chi connectivity index (χ0n) is 23.9. The lowest BCUT2D eigenvalue weighted by molar-refractivity contribution is -0.159. The Bertz CT molecular complexity index is 1250. The molecular weight excluding hydrogens is 536 g/mol. The molecule has 222 valence electrons. The molecule has 1 heterocycles. The molecule has 2 aliphatic rings. The van der Waals surface area contributed by atoms with Crippen LogP contribution in [-0.4, -0.2) is 98.9 Å². The van der Waals surface area contributed by atoms with Crippen LogP contribution >= 0.6 is 0 Å². The lowest BCUT2D eigenvalue weighted by Crippen LogP contribution is -2.39. The highest BCUT2D eigenvalue weighted by Gasteiger charge is 2.30.